The second-order valence-electron chi connectivity index (χ2n) is 3.35. The molecule has 0 saturated heterocycles. The molecule has 96 valence electrons. The molecule has 18 heavy (non-hydrogen) atoms. The molecule has 4 nitrogen and oxygen atoms in total. The van der Waals surface area contributed by atoms with Gasteiger partial charge in [0.1, 0.15) is 0 Å². The van der Waals surface area contributed by atoms with Crippen LogP contribution in [-0.2, 0) is 4.79 Å². The summed E-state index contributed by atoms with van der Waals surface area (Å²) in [4.78, 5) is 15.6. The molecule has 1 aromatic carbocycles. The summed E-state index contributed by atoms with van der Waals surface area (Å²) in [6.07, 6.45) is 2.91. The van der Waals surface area contributed by atoms with Crippen LogP contribution in [0.4, 0.5) is 5.69 Å². The van der Waals surface area contributed by atoms with E-state index in [9.17, 15) is 4.79 Å². The topological polar surface area (TPSA) is 67.5 Å². The minimum Gasteiger partial charge on any atom is -0.394 e. The molecule has 0 unspecified atom stereocenters. The number of nitrogens with two attached hydrogens (primary N) is 1. The largest absolute Gasteiger partial charge is 0.394 e. The van der Waals surface area contributed by atoms with E-state index in [1.54, 1.807) is 18.2 Å². The van der Waals surface area contributed by atoms with Gasteiger partial charge in [-0.05, 0) is 31.2 Å². The molecule has 1 aromatic rings. The number of rotatable bonds is 4. The molecule has 0 bridgehead atoms. The Kier molecular flexibility index (Phi) is 5.68. The molecule has 6 heteroatoms. The fourth-order valence-electron chi connectivity index (χ4n) is 1.10. The zero-order valence-electron chi connectivity index (χ0n) is 9.78. The Morgan fingerprint density at radius 2 is 2.22 bits per heavy atom. The first-order valence-corrected chi connectivity index (χ1v) is 6.02. The highest BCUT2D eigenvalue weighted by Crippen LogP contribution is 2.25. The molecule has 0 spiro atoms. The maximum Gasteiger partial charge on any atom is 0.271 e. The van der Waals surface area contributed by atoms with Gasteiger partial charge in [0.2, 0.25) is 0 Å². The summed E-state index contributed by atoms with van der Waals surface area (Å²) in [6, 6.07) is 4.78. The van der Waals surface area contributed by atoms with Crippen LogP contribution in [0.3, 0.4) is 0 Å². The number of carbonyl (C=O) groups is 1. The number of halogens is 2. The fourth-order valence-corrected chi connectivity index (χ4v) is 1.44. The monoisotopic (exact) mass is 285 g/mol. The first kappa shape index (κ1) is 14.5. The molecule has 0 radical (unpaired) electrons. The zero-order chi connectivity index (χ0) is 13.5. The van der Waals surface area contributed by atoms with Crippen LogP contribution in [0.15, 0.2) is 35.0 Å². The Balaban J connectivity index is 2.78. The molecular weight excluding hydrogens is 273 g/mol. The van der Waals surface area contributed by atoms with Crippen molar-refractivity contribution in [2.45, 2.75) is 6.92 Å². The highest BCUT2D eigenvalue weighted by atomic mass is 35.5. The Labute approximate surface area is 115 Å². The molecule has 0 aromatic heterocycles. The standard InChI is InChI=1S/C12H13Cl2N3O/c1-2-16-6-5-10(15)12(18)17-11-7-8(13)3-4-9(11)14/h3-7H,2,15H2,1H3,(H,17,18). The number of allylic oxidation sites excluding steroid dienone is 1. The van der Waals surface area contributed by atoms with Gasteiger partial charge in [-0.2, -0.15) is 0 Å². The van der Waals surface area contributed by atoms with E-state index in [1.807, 2.05) is 6.92 Å². The van der Waals surface area contributed by atoms with Crippen molar-refractivity contribution in [2.24, 2.45) is 10.7 Å². The molecule has 1 amide bonds. The fraction of sp³-hybridized carbons (Fsp3) is 0.167. The lowest BCUT2D eigenvalue weighted by atomic mass is 10.3. The number of benzene rings is 1. The predicted octanol–water partition coefficient (Wildman–Crippen LogP) is 2.87. The van der Waals surface area contributed by atoms with Crippen LogP contribution in [0.1, 0.15) is 6.92 Å². The molecular formula is C12H13Cl2N3O. The third-order valence-electron chi connectivity index (χ3n) is 1.98. The van der Waals surface area contributed by atoms with Crippen LogP contribution in [0.5, 0.6) is 0 Å². The van der Waals surface area contributed by atoms with Gasteiger partial charge in [0, 0.05) is 17.8 Å². The van der Waals surface area contributed by atoms with E-state index in [0.717, 1.165) is 0 Å². The lowest BCUT2D eigenvalue weighted by molar-refractivity contribution is -0.112. The molecule has 0 fully saturated rings. The second kappa shape index (κ2) is 7.03. The smallest absolute Gasteiger partial charge is 0.271 e. The van der Waals surface area contributed by atoms with E-state index in [-0.39, 0.29) is 5.70 Å². The normalized spacial score (nSPS) is 11.8. The lowest BCUT2D eigenvalue weighted by Gasteiger charge is -2.07. The Hall–Kier alpha value is -1.52. The predicted molar refractivity (Wildman–Crippen MR) is 76.4 cm³/mol. The number of nitrogens with zero attached hydrogens (tertiary/aromatic N) is 1. The van der Waals surface area contributed by atoms with Crippen molar-refractivity contribution in [1.82, 2.24) is 0 Å². The molecule has 0 aliphatic heterocycles. The number of aliphatic imine (C=N–C) groups is 1. The Morgan fingerprint density at radius 3 is 2.89 bits per heavy atom. The molecule has 3 N–H and O–H groups in total. The molecule has 0 saturated carbocycles. The van der Waals surface area contributed by atoms with E-state index >= 15 is 0 Å². The van der Waals surface area contributed by atoms with Crippen LogP contribution >= 0.6 is 23.2 Å². The first-order valence-electron chi connectivity index (χ1n) is 5.26. The van der Waals surface area contributed by atoms with Gasteiger partial charge in [0.05, 0.1) is 16.4 Å². The van der Waals surface area contributed by atoms with Gasteiger partial charge in [-0.1, -0.05) is 23.2 Å². The minimum absolute atomic E-state index is 0.0447. The quantitative estimate of drug-likeness (QED) is 0.660. The van der Waals surface area contributed by atoms with Crippen molar-refractivity contribution >= 4 is 41.0 Å². The number of anilines is 1. The van der Waals surface area contributed by atoms with E-state index in [2.05, 4.69) is 10.3 Å². The SMILES string of the molecule is CCN=CC=C(N)C(=O)Nc1cc(Cl)ccc1Cl. The maximum absolute atomic E-state index is 11.7. The van der Waals surface area contributed by atoms with Gasteiger partial charge in [-0.15, -0.1) is 0 Å². The van der Waals surface area contributed by atoms with Crippen molar-refractivity contribution in [2.75, 3.05) is 11.9 Å². The van der Waals surface area contributed by atoms with Crippen LogP contribution in [0.2, 0.25) is 10.0 Å². The van der Waals surface area contributed by atoms with E-state index in [0.29, 0.717) is 22.3 Å². The minimum atomic E-state index is -0.457. The van der Waals surface area contributed by atoms with Gasteiger partial charge in [-0.25, -0.2) is 0 Å². The molecule has 1 rings (SSSR count). The molecule has 0 aliphatic rings. The molecule has 0 atom stereocenters. The van der Waals surface area contributed by atoms with E-state index in [4.69, 9.17) is 28.9 Å². The van der Waals surface area contributed by atoms with Crippen molar-refractivity contribution in [3.05, 3.63) is 40.0 Å². The van der Waals surface area contributed by atoms with Crippen LogP contribution in [0.25, 0.3) is 0 Å². The van der Waals surface area contributed by atoms with Crippen LogP contribution in [-0.4, -0.2) is 18.7 Å². The van der Waals surface area contributed by atoms with E-state index in [1.165, 1.54) is 12.3 Å². The highest BCUT2D eigenvalue weighted by Gasteiger charge is 2.08. The summed E-state index contributed by atoms with van der Waals surface area (Å²) in [5.41, 5.74) is 6.04. The summed E-state index contributed by atoms with van der Waals surface area (Å²) in [5.74, 6) is -0.457. The number of hydrogen-bond acceptors (Lipinski definition) is 3. The van der Waals surface area contributed by atoms with Gasteiger partial charge in [0.25, 0.3) is 5.91 Å². The van der Waals surface area contributed by atoms with Gasteiger partial charge in [0.15, 0.2) is 0 Å². The Morgan fingerprint density at radius 1 is 1.50 bits per heavy atom. The number of carbonyl (C=O) groups excluding carboxylic acids is 1. The second-order valence-corrected chi connectivity index (χ2v) is 4.19. The van der Waals surface area contributed by atoms with Crippen molar-refractivity contribution < 1.29 is 4.79 Å². The number of amides is 1. The van der Waals surface area contributed by atoms with Crippen LogP contribution < -0.4 is 11.1 Å². The summed E-state index contributed by atoms with van der Waals surface area (Å²) in [5, 5.41) is 3.44. The summed E-state index contributed by atoms with van der Waals surface area (Å²) in [6.45, 7) is 2.51. The summed E-state index contributed by atoms with van der Waals surface area (Å²) in [7, 11) is 0. The van der Waals surface area contributed by atoms with Crippen molar-refractivity contribution in [3.63, 3.8) is 0 Å². The molecule has 0 aliphatic carbocycles. The van der Waals surface area contributed by atoms with Gasteiger partial charge < -0.3 is 11.1 Å². The zero-order valence-corrected chi connectivity index (χ0v) is 11.3. The molecule has 0 heterocycles. The first-order chi connectivity index (χ1) is 8.54. The number of hydrogen-bond donors (Lipinski definition) is 2. The summed E-state index contributed by atoms with van der Waals surface area (Å²) < 4.78 is 0. The van der Waals surface area contributed by atoms with Crippen molar-refractivity contribution in [3.8, 4) is 0 Å². The lowest BCUT2D eigenvalue weighted by Crippen LogP contribution is -2.20. The number of nitrogens with one attached hydrogen (secondary N) is 1. The van der Waals surface area contributed by atoms with Crippen LogP contribution in [0, 0.1) is 0 Å². The Bertz CT molecular complexity index is 498. The van der Waals surface area contributed by atoms with Crippen molar-refractivity contribution in [1.29, 1.82) is 0 Å². The summed E-state index contributed by atoms with van der Waals surface area (Å²) >= 11 is 11.7. The average Bonchev–Trinajstić information content (AvgIpc) is 2.34. The highest BCUT2D eigenvalue weighted by molar-refractivity contribution is 6.35. The third kappa shape index (κ3) is 4.39. The average molecular weight is 286 g/mol. The third-order valence-corrected chi connectivity index (χ3v) is 2.55. The van der Waals surface area contributed by atoms with E-state index < -0.39 is 5.91 Å². The van der Waals surface area contributed by atoms with Gasteiger partial charge >= 0.3 is 0 Å². The van der Waals surface area contributed by atoms with Gasteiger partial charge in [-0.3, -0.25) is 9.79 Å². The maximum atomic E-state index is 11.7.